The molecule has 0 saturated heterocycles. The minimum absolute atomic E-state index is 0.128. The number of sulfonamides is 1. The van der Waals surface area contributed by atoms with Gasteiger partial charge in [-0.05, 0) is 31.7 Å². The number of hydrogen-bond acceptors (Lipinski definition) is 4. The van der Waals surface area contributed by atoms with Crippen molar-refractivity contribution < 1.29 is 26.7 Å². The summed E-state index contributed by atoms with van der Waals surface area (Å²) in [7, 11) is -3.67. The minimum Gasteiger partial charge on any atom is -0.380 e. The van der Waals surface area contributed by atoms with Gasteiger partial charge in [-0.2, -0.15) is 18.3 Å². The van der Waals surface area contributed by atoms with Crippen molar-refractivity contribution >= 4 is 10.0 Å². The van der Waals surface area contributed by atoms with Crippen LogP contribution in [0.25, 0.3) is 0 Å². The van der Waals surface area contributed by atoms with E-state index in [1.165, 1.54) is 0 Å². The van der Waals surface area contributed by atoms with Crippen molar-refractivity contribution in [3.8, 4) is 0 Å². The van der Waals surface area contributed by atoms with Crippen molar-refractivity contribution in [2.75, 3.05) is 12.3 Å². The van der Waals surface area contributed by atoms with E-state index < -0.39 is 46.3 Å². The summed E-state index contributed by atoms with van der Waals surface area (Å²) >= 11 is 0. The molecule has 3 N–H and O–H groups in total. The molecule has 10 heteroatoms. The number of aromatic nitrogens is 2. The van der Waals surface area contributed by atoms with Crippen LogP contribution in [0.2, 0.25) is 0 Å². The number of H-pyrrole nitrogens is 1. The van der Waals surface area contributed by atoms with E-state index in [-0.39, 0.29) is 6.54 Å². The summed E-state index contributed by atoms with van der Waals surface area (Å²) in [5, 5.41) is 16.0. The lowest BCUT2D eigenvalue weighted by Gasteiger charge is -2.44. The van der Waals surface area contributed by atoms with E-state index in [9.17, 15) is 26.7 Å². The molecule has 1 heterocycles. The zero-order chi connectivity index (χ0) is 16.6. The van der Waals surface area contributed by atoms with Crippen LogP contribution in [0.1, 0.15) is 24.2 Å². The monoisotopic (exact) mass is 341 g/mol. The Morgan fingerprint density at radius 3 is 2.64 bits per heavy atom. The Balaban J connectivity index is 1.76. The van der Waals surface area contributed by atoms with Crippen molar-refractivity contribution in [1.82, 2.24) is 14.9 Å². The van der Waals surface area contributed by atoms with Crippen molar-refractivity contribution in [2.45, 2.75) is 38.0 Å². The van der Waals surface area contributed by atoms with Crippen LogP contribution < -0.4 is 4.72 Å². The van der Waals surface area contributed by atoms with Crippen molar-refractivity contribution in [1.29, 1.82) is 0 Å². The number of nitrogens with one attached hydrogen (secondary N) is 2. The van der Waals surface area contributed by atoms with Gasteiger partial charge >= 0.3 is 6.18 Å². The molecule has 0 spiro atoms. The van der Waals surface area contributed by atoms with E-state index in [0.717, 1.165) is 5.69 Å². The first kappa shape index (κ1) is 17.2. The summed E-state index contributed by atoms with van der Waals surface area (Å²) in [5.74, 6) is -1.10. The van der Waals surface area contributed by atoms with Gasteiger partial charge in [-0.1, -0.05) is 0 Å². The number of alkyl halides is 3. The molecule has 22 heavy (non-hydrogen) atoms. The second-order valence-electron chi connectivity index (χ2n) is 5.77. The van der Waals surface area contributed by atoms with Crippen molar-refractivity contribution in [3.63, 3.8) is 0 Å². The molecule has 6 nitrogen and oxygen atoms in total. The van der Waals surface area contributed by atoms with Gasteiger partial charge in [-0.3, -0.25) is 5.10 Å². The van der Waals surface area contributed by atoms with Gasteiger partial charge in [-0.15, -0.1) is 0 Å². The number of aryl methyl sites for hydroxylation is 1. The largest absolute Gasteiger partial charge is 0.417 e. The summed E-state index contributed by atoms with van der Waals surface area (Å²) in [4.78, 5) is 0. The van der Waals surface area contributed by atoms with Crippen molar-refractivity contribution in [2.24, 2.45) is 5.92 Å². The highest BCUT2D eigenvalue weighted by atomic mass is 32.2. The molecule has 0 radical (unpaired) electrons. The Kier molecular flexibility index (Phi) is 4.56. The highest BCUT2D eigenvalue weighted by molar-refractivity contribution is 7.89. The van der Waals surface area contributed by atoms with Crippen LogP contribution in [0, 0.1) is 12.8 Å². The number of aliphatic hydroxyl groups is 1. The second kappa shape index (κ2) is 5.82. The molecule has 0 amide bonds. The number of nitrogens with zero attached hydrogens (tertiary/aromatic N) is 1. The number of hydrogen-bond donors (Lipinski definition) is 3. The number of aromatic amines is 1. The number of rotatable bonds is 6. The van der Waals surface area contributed by atoms with Crippen LogP contribution in [-0.4, -0.2) is 47.8 Å². The second-order valence-corrected chi connectivity index (χ2v) is 7.62. The standard InChI is InChI=1S/C12H18F3N3O3S/c1-8-4-10(18-17-8)2-3-16-22(20,21)7-9-5-11(19,6-9)12(13,14)15/h4,9,16,19H,2-3,5-7H2,1H3,(H,17,18). The van der Waals surface area contributed by atoms with Crippen LogP contribution >= 0.6 is 0 Å². The Labute approximate surface area is 126 Å². The highest BCUT2D eigenvalue weighted by Crippen LogP contribution is 2.48. The molecule has 1 aliphatic carbocycles. The third-order valence-electron chi connectivity index (χ3n) is 3.70. The molecule has 126 valence electrons. The molecule has 0 bridgehead atoms. The molecule has 1 aliphatic rings. The topological polar surface area (TPSA) is 95.1 Å². The summed E-state index contributed by atoms with van der Waals surface area (Å²) < 4.78 is 63.3. The van der Waals surface area contributed by atoms with Gasteiger partial charge in [0.15, 0.2) is 5.60 Å². The molecule has 0 aliphatic heterocycles. The smallest absolute Gasteiger partial charge is 0.380 e. The first-order valence-electron chi connectivity index (χ1n) is 6.78. The van der Waals surface area contributed by atoms with Gasteiger partial charge < -0.3 is 5.11 Å². The van der Waals surface area contributed by atoms with Gasteiger partial charge in [0, 0.05) is 18.7 Å². The average molecular weight is 341 g/mol. The van der Waals surface area contributed by atoms with E-state index in [1.807, 2.05) is 6.92 Å². The molecule has 1 saturated carbocycles. The van der Waals surface area contributed by atoms with Crippen LogP contribution in [-0.2, 0) is 16.4 Å². The summed E-state index contributed by atoms with van der Waals surface area (Å²) in [6, 6.07) is 1.78. The molecule has 2 rings (SSSR count). The predicted octanol–water partition coefficient (Wildman–Crippen LogP) is 0.883. The Morgan fingerprint density at radius 2 is 2.14 bits per heavy atom. The average Bonchev–Trinajstić information content (AvgIpc) is 2.70. The van der Waals surface area contributed by atoms with E-state index in [0.29, 0.717) is 12.1 Å². The first-order valence-corrected chi connectivity index (χ1v) is 8.43. The highest BCUT2D eigenvalue weighted by Gasteiger charge is 2.61. The maximum atomic E-state index is 12.5. The quantitative estimate of drug-likeness (QED) is 0.716. The van der Waals surface area contributed by atoms with Gasteiger partial charge in [0.25, 0.3) is 0 Å². The lowest BCUT2D eigenvalue weighted by atomic mass is 9.71. The van der Waals surface area contributed by atoms with E-state index in [1.54, 1.807) is 6.07 Å². The van der Waals surface area contributed by atoms with Gasteiger partial charge in [-0.25, -0.2) is 13.1 Å². The van der Waals surface area contributed by atoms with Crippen LogP contribution in [0.15, 0.2) is 6.07 Å². The predicted molar refractivity (Wildman–Crippen MR) is 72.5 cm³/mol. The van der Waals surface area contributed by atoms with Crippen LogP contribution in [0.3, 0.4) is 0 Å². The Bertz CT molecular complexity index is 621. The maximum absolute atomic E-state index is 12.5. The lowest BCUT2D eigenvalue weighted by molar-refractivity contribution is -0.296. The molecule has 1 aromatic rings. The normalized spacial score (nSPS) is 26.0. The molecule has 0 aromatic carbocycles. The summed E-state index contributed by atoms with van der Waals surface area (Å²) in [6.07, 6.45) is -5.47. The maximum Gasteiger partial charge on any atom is 0.417 e. The van der Waals surface area contributed by atoms with Crippen LogP contribution in [0.5, 0.6) is 0 Å². The zero-order valence-corrected chi connectivity index (χ0v) is 12.8. The minimum atomic E-state index is -4.71. The van der Waals surface area contributed by atoms with Gasteiger partial charge in [0.1, 0.15) is 0 Å². The zero-order valence-electron chi connectivity index (χ0n) is 11.9. The Morgan fingerprint density at radius 1 is 1.50 bits per heavy atom. The van der Waals surface area contributed by atoms with Crippen molar-refractivity contribution in [3.05, 3.63) is 17.5 Å². The summed E-state index contributed by atoms with van der Waals surface area (Å²) in [5.41, 5.74) is -1.17. The summed E-state index contributed by atoms with van der Waals surface area (Å²) in [6.45, 7) is 1.95. The number of halogens is 3. The molecular weight excluding hydrogens is 323 g/mol. The van der Waals surface area contributed by atoms with E-state index >= 15 is 0 Å². The lowest BCUT2D eigenvalue weighted by Crippen LogP contribution is -2.57. The van der Waals surface area contributed by atoms with Gasteiger partial charge in [0.2, 0.25) is 10.0 Å². The van der Waals surface area contributed by atoms with Crippen LogP contribution in [0.4, 0.5) is 13.2 Å². The fourth-order valence-electron chi connectivity index (χ4n) is 2.55. The molecular formula is C12H18F3N3O3S. The molecule has 0 atom stereocenters. The third-order valence-corrected chi connectivity index (χ3v) is 5.25. The third kappa shape index (κ3) is 3.99. The van der Waals surface area contributed by atoms with Gasteiger partial charge in [0.05, 0.1) is 11.4 Å². The molecule has 0 unspecified atom stereocenters. The Hall–Kier alpha value is -1.13. The fourth-order valence-corrected chi connectivity index (χ4v) is 3.94. The van der Waals surface area contributed by atoms with E-state index in [2.05, 4.69) is 14.9 Å². The molecule has 1 aromatic heterocycles. The SMILES string of the molecule is Cc1cc(CCNS(=O)(=O)CC2CC(O)(C(F)(F)F)C2)n[nH]1. The van der Waals surface area contributed by atoms with E-state index in [4.69, 9.17) is 0 Å². The first-order chi connectivity index (χ1) is 10.0. The molecule has 1 fully saturated rings. The fraction of sp³-hybridized carbons (Fsp3) is 0.750.